The summed E-state index contributed by atoms with van der Waals surface area (Å²) in [4.78, 5) is 7.56. The summed E-state index contributed by atoms with van der Waals surface area (Å²) in [6.07, 6.45) is 1.82. The maximum atomic E-state index is 9.91. The van der Waals surface area contributed by atoms with E-state index in [2.05, 4.69) is 25.9 Å². The quantitative estimate of drug-likeness (QED) is 0.863. The Morgan fingerprint density at radius 3 is 2.87 bits per heavy atom. The molecule has 0 aromatic carbocycles. The lowest BCUT2D eigenvalue weighted by atomic mass is 10.1. The van der Waals surface area contributed by atoms with Crippen LogP contribution in [0.3, 0.4) is 0 Å². The molecule has 0 fully saturated rings. The second kappa shape index (κ2) is 4.30. The highest BCUT2D eigenvalue weighted by Crippen LogP contribution is 2.28. The van der Waals surface area contributed by atoms with Crippen LogP contribution in [0.4, 0.5) is 0 Å². The number of rotatable bonds is 2. The van der Waals surface area contributed by atoms with Gasteiger partial charge in [0, 0.05) is 11.8 Å². The standard InChI is InChI=1S/C9H6BrClN2O2/c10-7-2-1-6(15-7)8(14)5-3-12-4-13-9(5)11/h1-4,8,14H. The first-order valence-corrected chi connectivity index (χ1v) is 5.24. The SMILES string of the molecule is OC(c1ccc(Br)o1)c1cncnc1Cl. The molecule has 2 rings (SSSR count). The maximum absolute atomic E-state index is 9.91. The van der Waals surface area contributed by atoms with Crippen molar-refractivity contribution >= 4 is 27.5 Å². The third-order valence-electron chi connectivity index (χ3n) is 1.85. The first-order valence-electron chi connectivity index (χ1n) is 4.07. The zero-order valence-electron chi connectivity index (χ0n) is 7.39. The molecule has 1 atom stereocenters. The summed E-state index contributed by atoms with van der Waals surface area (Å²) in [6.45, 7) is 0. The van der Waals surface area contributed by atoms with Gasteiger partial charge in [-0.2, -0.15) is 0 Å². The van der Waals surface area contributed by atoms with E-state index < -0.39 is 6.10 Å². The molecule has 15 heavy (non-hydrogen) atoms. The molecular weight excluding hydrogens is 283 g/mol. The zero-order chi connectivity index (χ0) is 10.8. The topological polar surface area (TPSA) is 59.2 Å². The van der Waals surface area contributed by atoms with Crippen molar-refractivity contribution in [1.29, 1.82) is 0 Å². The molecule has 2 heterocycles. The summed E-state index contributed by atoms with van der Waals surface area (Å²) in [5, 5.41) is 10.1. The lowest BCUT2D eigenvalue weighted by Crippen LogP contribution is -2.00. The van der Waals surface area contributed by atoms with Crippen LogP contribution in [0.5, 0.6) is 0 Å². The number of nitrogens with zero attached hydrogens (tertiary/aromatic N) is 2. The predicted octanol–water partition coefficient (Wildman–Crippen LogP) is 2.57. The number of aromatic nitrogens is 2. The van der Waals surface area contributed by atoms with Crippen LogP contribution in [0.15, 0.2) is 33.7 Å². The van der Waals surface area contributed by atoms with Crippen LogP contribution >= 0.6 is 27.5 Å². The van der Waals surface area contributed by atoms with Crippen molar-refractivity contribution in [2.24, 2.45) is 0 Å². The van der Waals surface area contributed by atoms with Crippen molar-refractivity contribution in [3.8, 4) is 0 Å². The minimum Gasteiger partial charge on any atom is -0.451 e. The van der Waals surface area contributed by atoms with E-state index in [0.29, 0.717) is 16.0 Å². The van der Waals surface area contributed by atoms with Gasteiger partial charge in [0.2, 0.25) is 0 Å². The van der Waals surface area contributed by atoms with Gasteiger partial charge in [-0.15, -0.1) is 0 Å². The maximum Gasteiger partial charge on any atom is 0.169 e. The molecule has 1 unspecified atom stereocenters. The zero-order valence-corrected chi connectivity index (χ0v) is 9.73. The average molecular weight is 290 g/mol. The molecule has 2 aromatic heterocycles. The molecule has 0 saturated heterocycles. The van der Waals surface area contributed by atoms with Crippen LogP contribution in [0.2, 0.25) is 5.15 Å². The highest BCUT2D eigenvalue weighted by molar-refractivity contribution is 9.10. The van der Waals surface area contributed by atoms with Gasteiger partial charge in [-0.25, -0.2) is 9.97 Å². The van der Waals surface area contributed by atoms with Gasteiger partial charge in [-0.05, 0) is 28.1 Å². The number of furan rings is 1. The van der Waals surface area contributed by atoms with Crippen molar-refractivity contribution in [3.05, 3.63) is 45.8 Å². The largest absolute Gasteiger partial charge is 0.451 e. The predicted molar refractivity (Wildman–Crippen MR) is 57.5 cm³/mol. The van der Waals surface area contributed by atoms with Crippen LogP contribution < -0.4 is 0 Å². The Kier molecular flexibility index (Phi) is 3.04. The molecule has 0 aliphatic rings. The van der Waals surface area contributed by atoms with E-state index in [1.165, 1.54) is 12.5 Å². The summed E-state index contributed by atoms with van der Waals surface area (Å²) in [6, 6.07) is 3.34. The van der Waals surface area contributed by atoms with Gasteiger partial charge in [0.15, 0.2) is 4.67 Å². The Bertz CT molecular complexity index is 475. The monoisotopic (exact) mass is 288 g/mol. The number of halogens is 2. The average Bonchev–Trinajstić information content (AvgIpc) is 2.65. The van der Waals surface area contributed by atoms with Crippen LogP contribution in [0.25, 0.3) is 0 Å². The van der Waals surface area contributed by atoms with Crippen molar-refractivity contribution in [2.75, 3.05) is 0 Å². The van der Waals surface area contributed by atoms with Gasteiger partial charge < -0.3 is 9.52 Å². The van der Waals surface area contributed by atoms with Gasteiger partial charge in [0.1, 0.15) is 23.3 Å². The third-order valence-corrected chi connectivity index (χ3v) is 2.59. The first kappa shape index (κ1) is 10.6. The van der Waals surface area contributed by atoms with E-state index in [1.54, 1.807) is 12.1 Å². The molecular formula is C9H6BrClN2O2. The fourth-order valence-electron chi connectivity index (χ4n) is 1.14. The van der Waals surface area contributed by atoms with Gasteiger partial charge in [0.05, 0.1) is 0 Å². The number of hydrogen-bond donors (Lipinski definition) is 1. The van der Waals surface area contributed by atoms with Gasteiger partial charge in [0.25, 0.3) is 0 Å². The van der Waals surface area contributed by atoms with Gasteiger partial charge in [-0.1, -0.05) is 11.6 Å². The van der Waals surface area contributed by atoms with E-state index in [-0.39, 0.29) is 5.15 Å². The minimum atomic E-state index is -0.954. The van der Waals surface area contributed by atoms with E-state index in [9.17, 15) is 5.11 Å². The molecule has 0 radical (unpaired) electrons. The molecule has 78 valence electrons. The van der Waals surface area contributed by atoms with Crippen molar-refractivity contribution in [3.63, 3.8) is 0 Å². The minimum absolute atomic E-state index is 0.213. The fourth-order valence-corrected chi connectivity index (χ4v) is 1.65. The smallest absolute Gasteiger partial charge is 0.169 e. The lowest BCUT2D eigenvalue weighted by molar-refractivity contribution is 0.187. The summed E-state index contributed by atoms with van der Waals surface area (Å²) in [5.74, 6) is 0.388. The highest BCUT2D eigenvalue weighted by atomic mass is 79.9. The summed E-state index contributed by atoms with van der Waals surface area (Å²) >= 11 is 8.96. The molecule has 0 aliphatic carbocycles. The Labute approximate surface area is 99.1 Å². The second-order valence-electron chi connectivity index (χ2n) is 2.81. The molecule has 0 aliphatic heterocycles. The Balaban J connectivity index is 2.36. The normalized spacial score (nSPS) is 12.7. The van der Waals surface area contributed by atoms with Crippen molar-refractivity contribution in [2.45, 2.75) is 6.10 Å². The van der Waals surface area contributed by atoms with E-state index in [0.717, 1.165) is 0 Å². The molecule has 1 N–H and O–H groups in total. The molecule has 0 spiro atoms. The molecule has 4 nitrogen and oxygen atoms in total. The van der Waals surface area contributed by atoms with Crippen molar-refractivity contribution < 1.29 is 9.52 Å². The highest BCUT2D eigenvalue weighted by Gasteiger charge is 2.18. The second-order valence-corrected chi connectivity index (χ2v) is 3.95. The van der Waals surface area contributed by atoms with E-state index >= 15 is 0 Å². The number of aliphatic hydroxyl groups is 1. The number of aliphatic hydroxyl groups excluding tert-OH is 1. The summed E-state index contributed by atoms with van der Waals surface area (Å²) in [5.41, 5.74) is 0.418. The van der Waals surface area contributed by atoms with Crippen LogP contribution in [-0.4, -0.2) is 15.1 Å². The molecule has 0 saturated carbocycles. The summed E-state index contributed by atoms with van der Waals surface area (Å²) < 4.78 is 5.75. The Morgan fingerprint density at radius 2 is 2.27 bits per heavy atom. The van der Waals surface area contributed by atoms with E-state index in [1.807, 2.05) is 0 Å². The number of hydrogen-bond acceptors (Lipinski definition) is 4. The Morgan fingerprint density at radius 1 is 1.47 bits per heavy atom. The third kappa shape index (κ3) is 2.19. The first-order chi connectivity index (χ1) is 7.18. The fraction of sp³-hybridized carbons (Fsp3) is 0.111. The van der Waals surface area contributed by atoms with Crippen LogP contribution in [0, 0.1) is 0 Å². The molecule has 2 aromatic rings. The van der Waals surface area contributed by atoms with Crippen LogP contribution in [0.1, 0.15) is 17.4 Å². The molecule has 0 amide bonds. The van der Waals surface area contributed by atoms with Crippen LogP contribution in [-0.2, 0) is 0 Å². The van der Waals surface area contributed by atoms with Gasteiger partial charge >= 0.3 is 0 Å². The summed E-state index contributed by atoms with van der Waals surface area (Å²) in [7, 11) is 0. The van der Waals surface area contributed by atoms with Gasteiger partial charge in [-0.3, -0.25) is 0 Å². The van der Waals surface area contributed by atoms with E-state index in [4.69, 9.17) is 16.0 Å². The van der Waals surface area contributed by atoms with Crippen molar-refractivity contribution in [1.82, 2.24) is 9.97 Å². The molecule has 0 bridgehead atoms. The molecule has 6 heteroatoms. The Hall–Kier alpha value is -0.910. The lowest BCUT2D eigenvalue weighted by Gasteiger charge is -2.07.